The first-order valence-corrected chi connectivity index (χ1v) is 5.61. The number of hydrogen-bond donors (Lipinski definition) is 2. The van der Waals surface area contributed by atoms with Crippen LogP contribution in [-0.2, 0) is 11.0 Å². The minimum Gasteiger partial charge on any atom is -0.487 e. The summed E-state index contributed by atoms with van der Waals surface area (Å²) < 4.78 is 42.7. The standard InChI is InChI=1S/C11H12F3NO.CH3NO/c1-7-10(6-15-7)16-9-4-2-3-8(5-9)11(12,13)14;2-1-3/h2-5,7,10,15H,6H2,1H3;1H,(H2,2,3). The van der Waals surface area contributed by atoms with Crippen molar-refractivity contribution in [3.8, 4) is 5.75 Å². The number of carbonyl (C=O) groups excluding carboxylic acids is 1. The second kappa shape index (κ2) is 6.42. The van der Waals surface area contributed by atoms with Crippen LogP contribution in [0.15, 0.2) is 24.3 Å². The maximum Gasteiger partial charge on any atom is 0.416 e. The summed E-state index contributed by atoms with van der Waals surface area (Å²) >= 11 is 0. The number of halogens is 3. The predicted molar refractivity (Wildman–Crippen MR) is 63.6 cm³/mol. The Morgan fingerprint density at radius 2 is 2.11 bits per heavy atom. The lowest BCUT2D eigenvalue weighted by Crippen LogP contribution is -2.58. The van der Waals surface area contributed by atoms with Crippen LogP contribution in [-0.4, -0.2) is 25.1 Å². The highest BCUT2D eigenvalue weighted by Gasteiger charge is 2.32. The van der Waals surface area contributed by atoms with Crippen LogP contribution in [0.25, 0.3) is 0 Å². The van der Waals surface area contributed by atoms with Gasteiger partial charge in [0.2, 0.25) is 6.41 Å². The maximum absolute atomic E-state index is 12.4. The fourth-order valence-corrected chi connectivity index (χ4v) is 1.51. The zero-order valence-corrected chi connectivity index (χ0v) is 10.3. The van der Waals surface area contributed by atoms with Gasteiger partial charge in [0.1, 0.15) is 11.9 Å². The zero-order valence-electron chi connectivity index (χ0n) is 10.3. The Bertz CT molecular complexity index is 424. The van der Waals surface area contributed by atoms with E-state index in [2.05, 4.69) is 11.1 Å². The SMILES string of the molecule is CC1NCC1Oc1cccc(C(F)(F)F)c1.NC=O. The van der Waals surface area contributed by atoms with Crippen molar-refractivity contribution in [2.75, 3.05) is 6.54 Å². The van der Waals surface area contributed by atoms with Crippen LogP contribution < -0.4 is 15.8 Å². The molecule has 1 aromatic carbocycles. The summed E-state index contributed by atoms with van der Waals surface area (Å²) in [6.07, 6.45) is -4.11. The summed E-state index contributed by atoms with van der Waals surface area (Å²) in [6.45, 7) is 2.61. The predicted octanol–water partition coefficient (Wildman–Crippen LogP) is 1.55. The topological polar surface area (TPSA) is 64.3 Å². The molecule has 2 atom stereocenters. The summed E-state index contributed by atoms with van der Waals surface area (Å²) in [5.41, 5.74) is 3.49. The molecule has 0 radical (unpaired) electrons. The van der Waals surface area contributed by atoms with E-state index in [9.17, 15) is 13.2 Å². The van der Waals surface area contributed by atoms with Gasteiger partial charge in [0, 0.05) is 12.6 Å². The van der Waals surface area contributed by atoms with Gasteiger partial charge in [-0.05, 0) is 25.1 Å². The summed E-state index contributed by atoms with van der Waals surface area (Å²) in [5.74, 6) is 0.271. The first-order valence-electron chi connectivity index (χ1n) is 5.61. The third-order valence-corrected chi connectivity index (χ3v) is 2.65. The highest BCUT2D eigenvalue weighted by atomic mass is 19.4. The van der Waals surface area contributed by atoms with Gasteiger partial charge in [-0.15, -0.1) is 0 Å². The smallest absolute Gasteiger partial charge is 0.416 e. The lowest BCUT2D eigenvalue weighted by atomic mass is 10.1. The van der Waals surface area contributed by atoms with Crippen LogP contribution in [0.4, 0.5) is 13.2 Å². The number of hydrogen-bond acceptors (Lipinski definition) is 3. The van der Waals surface area contributed by atoms with Gasteiger partial charge in [-0.2, -0.15) is 13.2 Å². The van der Waals surface area contributed by atoms with E-state index in [1.54, 1.807) is 6.07 Å². The van der Waals surface area contributed by atoms with Crippen LogP contribution >= 0.6 is 0 Å². The van der Waals surface area contributed by atoms with Crippen LogP contribution in [0.3, 0.4) is 0 Å². The third-order valence-electron chi connectivity index (χ3n) is 2.65. The van der Waals surface area contributed by atoms with Gasteiger partial charge in [-0.25, -0.2) is 0 Å². The number of alkyl halides is 3. The van der Waals surface area contributed by atoms with Gasteiger partial charge in [-0.1, -0.05) is 6.07 Å². The molecule has 1 fully saturated rings. The Hall–Kier alpha value is -1.76. The first kappa shape index (κ1) is 15.3. The second-order valence-corrected chi connectivity index (χ2v) is 4.01. The number of nitrogens with two attached hydrogens (primary N) is 1. The summed E-state index contributed by atoms with van der Waals surface area (Å²) in [5, 5.41) is 3.08. The molecule has 7 heteroatoms. The zero-order chi connectivity index (χ0) is 14.5. The Morgan fingerprint density at radius 1 is 1.47 bits per heavy atom. The van der Waals surface area contributed by atoms with Crippen molar-refractivity contribution < 1.29 is 22.7 Å². The molecule has 1 amide bonds. The molecule has 1 aliphatic heterocycles. The highest BCUT2D eigenvalue weighted by molar-refractivity contribution is 5.42. The Balaban J connectivity index is 0.000000550. The molecule has 1 heterocycles. The van der Waals surface area contributed by atoms with Gasteiger partial charge in [0.25, 0.3) is 0 Å². The molecule has 0 aromatic heterocycles. The van der Waals surface area contributed by atoms with E-state index in [0.29, 0.717) is 6.54 Å². The van der Waals surface area contributed by atoms with Crippen molar-refractivity contribution in [1.82, 2.24) is 5.32 Å². The Labute approximate surface area is 108 Å². The van der Waals surface area contributed by atoms with E-state index < -0.39 is 11.7 Å². The monoisotopic (exact) mass is 276 g/mol. The van der Waals surface area contributed by atoms with E-state index >= 15 is 0 Å². The van der Waals surface area contributed by atoms with Crippen LogP contribution in [0, 0.1) is 0 Å². The summed E-state index contributed by atoms with van der Waals surface area (Å²) in [7, 11) is 0. The van der Waals surface area contributed by atoms with Gasteiger partial charge in [0.05, 0.1) is 5.56 Å². The normalized spacial score (nSPS) is 21.7. The van der Waals surface area contributed by atoms with Crippen molar-refractivity contribution in [3.63, 3.8) is 0 Å². The minimum atomic E-state index is -4.32. The van der Waals surface area contributed by atoms with E-state index in [1.807, 2.05) is 6.92 Å². The van der Waals surface area contributed by atoms with Gasteiger partial charge in [0.15, 0.2) is 0 Å². The lowest BCUT2D eigenvalue weighted by Gasteiger charge is -2.35. The molecule has 0 bridgehead atoms. The quantitative estimate of drug-likeness (QED) is 0.805. The number of primary amides is 1. The second-order valence-electron chi connectivity index (χ2n) is 4.01. The fraction of sp³-hybridized carbons (Fsp3) is 0.417. The molecule has 106 valence electrons. The van der Waals surface area contributed by atoms with Crippen LogP contribution in [0.2, 0.25) is 0 Å². The largest absolute Gasteiger partial charge is 0.487 e. The molecule has 1 saturated heterocycles. The molecule has 0 spiro atoms. The van der Waals surface area contributed by atoms with E-state index in [0.717, 1.165) is 12.1 Å². The van der Waals surface area contributed by atoms with Crippen LogP contribution in [0.1, 0.15) is 12.5 Å². The first-order chi connectivity index (χ1) is 8.88. The van der Waals surface area contributed by atoms with E-state index in [4.69, 9.17) is 9.53 Å². The highest BCUT2D eigenvalue weighted by Crippen LogP contribution is 2.31. The number of benzene rings is 1. The molecule has 2 rings (SSSR count). The molecule has 0 saturated carbocycles. The number of ether oxygens (including phenoxy) is 1. The van der Waals surface area contributed by atoms with Crippen LogP contribution in [0.5, 0.6) is 5.75 Å². The Kier molecular flexibility index (Phi) is 5.17. The average Bonchev–Trinajstić information content (AvgIpc) is 2.34. The molecule has 1 aromatic rings. The molecule has 0 aliphatic carbocycles. The van der Waals surface area contributed by atoms with Gasteiger partial charge >= 0.3 is 6.18 Å². The molecule has 3 N–H and O–H groups in total. The van der Waals surface area contributed by atoms with Gasteiger partial charge in [-0.3, -0.25) is 4.79 Å². The Morgan fingerprint density at radius 3 is 2.53 bits per heavy atom. The summed E-state index contributed by atoms with van der Waals surface area (Å²) in [4.78, 5) is 8.58. The number of amides is 1. The molecular weight excluding hydrogens is 261 g/mol. The van der Waals surface area contributed by atoms with Crippen molar-refractivity contribution >= 4 is 6.41 Å². The van der Waals surface area contributed by atoms with Gasteiger partial charge < -0.3 is 15.8 Å². The molecule has 19 heavy (non-hydrogen) atoms. The van der Waals surface area contributed by atoms with Crippen molar-refractivity contribution in [3.05, 3.63) is 29.8 Å². The fourth-order valence-electron chi connectivity index (χ4n) is 1.51. The van der Waals surface area contributed by atoms with E-state index in [1.165, 1.54) is 6.07 Å². The molecular formula is C12H15F3N2O2. The van der Waals surface area contributed by atoms with Crippen molar-refractivity contribution in [2.24, 2.45) is 5.73 Å². The molecule has 1 aliphatic rings. The van der Waals surface area contributed by atoms with Crippen molar-refractivity contribution in [1.29, 1.82) is 0 Å². The number of nitrogens with one attached hydrogen (secondary N) is 1. The average molecular weight is 276 g/mol. The molecule has 4 nitrogen and oxygen atoms in total. The summed E-state index contributed by atoms with van der Waals surface area (Å²) in [6, 6.07) is 5.16. The van der Waals surface area contributed by atoms with E-state index in [-0.39, 0.29) is 24.3 Å². The number of carbonyl (C=O) groups is 1. The maximum atomic E-state index is 12.4. The number of rotatable bonds is 2. The lowest BCUT2D eigenvalue weighted by molar-refractivity contribution is -0.137. The third kappa shape index (κ3) is 4.44. The van der Waals surface area contributed by atoms with Crippen molar-refractivity contribution in [2.45, 2.75) is 25.2 Å². The minimum absolute atomic E-state index is 0.0384. The molecule has 2 unspecified atom stereocenters.